The maximum absolute atomic E-state index is 13.0. The van der Waals surface area contributed by atoms with E-state index in [1.165, 1.54) is 18.2 Å². The molecule has 3 aromatic heterocycles. The third-order valence-corrected chi connectivity index (χ3v) is 4.80. The third-order valence-electron chi connectivity index (χ3n) is 4.10. The van der Waals surface area contributed by atoms with E-state index >= 15 is 0 Å². The van der Waals surface area contributed by atoms with Crippen molar-refractivity contribution in [3.63, 3.8) is 0 Å². The molecular weight excluding hydrogens is 420 g/mol. The highest BCUT2D eigenvalue weighted by Crippen LogP contribution is 2.22. The molecule has 0 saturated heterocycles. The standard InChI is InChI=1S/C18H13ClN4O5S/c1-29(26,27)28-17-15-14(16(24)12-6-5-10(19)8-13(12)21-15)18(25)23(22-17)9-11-4-2-3-7-20-11/h2-8H,9H2,1H3,(H,21,24). The molecule has 11 heteroatoms. The van der Waals surface area contributed by atoms with E-state index in [2.05, 4.69) is 15.1 Å². The summed E-state index contributed by atoms with van der Waals surface area (Å²) in [6.07, 6.45) is 2.38. The molecule has 1 N–H and O–H groups in total. The summed E-state index contributed by atoms with van der Waals surface area (Å²) in [5, 5.41) is 4.32. The molecule has 148 valence electrons. The number of hydrogen-bond donors (Lipinski definition) is 1. The van der Waals surface area contributed by atoms with E-state index in [-0.39, 0.29) is 22.8 Å². The first kappa shape index (κ1) is 19.1. The lowest BCUT2D eigenvalue weighted by atomic mass is 10.1. The van der Waals surface area contributed by atoms with E-state index < -0.39 is 27.0 Å². The number of nitrogens with zero attached hydrogens (tertiary/aromatic N) is 3. The first-order valence-electron chi connectivity index (χ1n) is 8.29. The highest BCUT2D eigenvalue weighted by Gasteiger charge is 2.20. The number of pyridine rings is 2. The predicted molar refractivity (Wildman–Crippen MR) is 108 cm³/mol. The van der Waals surface area contributed by atoms with Gasteiger partial charge in [0.15, 0.2) is 0 Å². The van der Waals surface area contributed by atoms with Crippen molar-refractivity contribution >= 4 is 43.5 Å². The summed E-state index contributed by atoms with van der Waals surface area (Å²) in [6.45, 7) is -0.0756. The summed E-state index contributed by atoms with van der Waals surface area (Å²) >= 11 is 5.98. The highest BCUT2D eigenvalue weighted by atomic mass is 35.5. The van der Waals surface area contributed by atoms with Gasteiger partial charge in [-0.05, 0) is 30.3 Å². The van der Waals surface area contributed by atoms with Gasteiger partial charge in [0.2, 0.25) is 5.43 Å². The van der Waals surface area contributed by atoms with Crippen LogP contribution in [-0.2, 0) is 16.7 Å². The molecule has 4 rings (SSSR count). The van der Waals surface area contributed by atoms with Crippen molar-refractivity contribution in [1.29, 1.82) is 0 Å². The van der Waals surface area contributed by atoms with Gasteiger partial charge in [0.25, 0.3) is 11.4 Å². The first-order chi connectivity index (χ1) is 13.7. The fraction of sp³-hybridized carbons (Fsp3) is 0.111. The van der Waals surface area contributed by atoms with E-state index in [1.807, 2.05) is 0 Å². The topological polar surface area (TPSA) is 124 Å². The largest absolute Gasteiger partial charge is 0.358 e. The van der Waals surface area contributed by atoms with Crippen molar-refractivity contribution in [2.75, 3.05) is 6.26 Å². The van der Waals surface area contributed by atoms with Crippen LogP contribution in [-0.4, -0.2) is 34.4 Å². The van der Waals surface area contributed by atoms with Crippen molar-refractivity contribution < 1.29 is 12.6 Å². The molecule has 0 aliphatic carbocycles. The summed E-state index contributed by atoms with van der Waals surface area (Å²) in [4.78, 5) is 33.0. The van der Waals surface area contributed by atoms with Crippen molar-refractivity contribution in [3.8, 4) is 5.88 Å². The van der Waals surface area contributed by atoms with Gasteiger partial charge >= 0.3 is 10.1 Å². The van der Waals surface area contributed by atoms with Crippen molar-refractivity contribution in [3.05, 3.63) is 73.9 Å². The zero-order chi connectivity index (χ0) is 20.8. The van der Waals surface area contributed by atoms with Gasteiger partial charge in [-0.25, -0.2) is 4.68 Å². The Bertz CT molecular complexity index is 1480. The molecule has 0 unspecified atom stereocenters. The van der Waals surface area contributed by atoms with Gasteiger partial charge in [-0.3, -0.25) is 14.6 Å². The average molecular weight is 433 g/mol. The number of aromatic amines is 1. The molecule has 0 radical (unpaired) electrons. The number of fused-ring (bicyclic) bond motifs is 2. The number of benzene rings is 1. The van der Waals surface area contributed by atoms with Crippen LogP contribution in [0.3, 0.4) is 0 Å². The number of halogens is 1. The summed E-state index contributed by atoms with van der Waals surface area (Å²) in [5.41, 5.74) is -0.610. The number of hydrogen-bond acceptors (Lipinski definition) is 7. The molecule has 0 aliphatic rings. The third kappa shape index (κ3) is 3.71. The minimum Gasteiger partial charge on any atom is -0.358 e. The average Bonchev–Trinajstić information content (AvgIpc) is 2.65. The van der Waals surface area contributed by atoms with Gasteiger partial charge in [-0.15, -0.1) is 5.10 Å². The fourth-order valence-electron chi connectivity index (χ4n) is 2.92. The second-order valence-corrected chi connectivity index (χ2v) is 8.28. The van der Waals surface area contributed by atoms with Crippen LogP contribution in [0.15, 0.2) is 52.2 Å². The zero-order valence-corrected chi connectivity index (χ0v) is 16.5. The Morgan fingerprint density at radius 2 is 2.00 bits per heavy atom. The Kier molecular flexibility index (Phi) is 4.59. The monoisotopic (exact) mass is 432 g/mol. The Labute approximate surface area is 168 Å². The maximum atomic E-state index is 13.0. The molecule has 0 fully saturated rings. The molecule has 0 aliphatic heterocycles. The summed E-state index contributed by atoms with van der Waals surface area (Å²) in [6, 6.07) is 9.60. The Morgan fingerprint density at radius 3 is 2.69 bits per heavy atom. The molecule has 0 saturated carbocycles. The van der Waals surface area contributed by atoms with E-state index in [9.17, 15) is 18.0 Å². The SMILES string of the molecule is CS(=O)(=O)Oc1nn(Cc2ccccn2)c(=O)c2c(=O)c3ccc(Cl)cc3[nH]c12. The van der Waals surface area contributed by atoms with Crippen LogP contribution >= 0.6 is 11.6 Å². The van der Waals surface area contributed by atoms with Gasteiger partial charge < -0.3 is 9.17 Å². The second kappa shape index (κ2) is 6.98. The van der Waals surface area contributed by atoms with Crippen LogP contribution in [0, 0.1) is 0 Å². The first-order valence-corrected chi connectivity index (χ1v) is 10.5. The summed E-state index contributed by atoms with van der Waals surface area (Å²) in [5.74, 6) is -0.419. The number of H-pyrrole nitrogens is 1. The van der Waals surface area contributed by atoms with Crippen LogP contribution < -0.4 is 15.2 Å². The van der Waals surface area contributed by atoms with Gasteiger partial charge in [0, 0.05) is 16.6 Å². The Hall–Kier alpha value is -3.24. The lowest BCUT2D eigenvalue weighted by Gasteiger charge is -2.11. The zero-order valence-electron chi connectivity index (χ0n) is 14.9. The highest BCUT2D eigenvalue weighted by molar-refractivity contribution is 7.86. The van der Waals surface area contributed by atoms with E-state index in [0.717, 1.165) is 10.9 Å². The number of aromatic nitrogens is 4. The van der Waals surface area contributed by atoms with Crippen molar-refractivity contribution in [2.24, 2.45) is 0 Å². The van der Waals surface area contributed by atoms with Crippen molar-refractivity contribution in [1.82, 2.24) is 19.7 Å². The molecular formula is C18H13ClN4O5S. The lowest BCUT2D eigenvalue weighted by Crippen LogP contribution is -2.29. The predicted octanol–water partition coefficient (Wildman–Crippen LogP) is 1.67. The van der Waals surface area contributed by atoms with Crippen LogP contribution in [0.1, 0.15) is 5.69 Å². The van der Waals surface area contributed by atoms with Gasteiger partial charge in [0.1, 0.15) is 10.9 Å². The second-order valence-electron chi connectivity index (χ2n) is 6.27. The van der Waals surface area contributed by atoms with Crippen LogP contribution in [0.2, 0.25) is 5.02 Å². The summed E-state index contributed by atoms with van der Waals surface area (Å²) < 4.78 is 29.4. The Morgan fingerprint density at radius 1 is 1.21 bits per heavy atom. The van der Waals surface area contributed by atoms with Crippen LogP contribution in [0.5, 0.6) is 5.88 Å². The maximum Gasteiger partial charge on any atom is 0.307 e. The molecule has 29 heavy (non-hydrogen) atoms. The lowest BCUT2D eigenvalue weighted by molar-refractivity contribution is 0.467. The molecule has 4 aromatic rings. The molecule has 0 amide bonds. The molecule has 0 bridgehead atoms. The molecule has 3 heterocycles. The van der Waals surface area contributed by atoms with Crippen LogP contribution in [0.4, 0.5) is 0 Å². The van der Waals surface area contributed by atoms with Gasteiger partial charge in [0.05, 0.1) is 24.0 Å². The molecule has 0 atom stereocenters. The van der Waals surface area contributed by atoms with Crippen molar-refractivity contribution in [2.45, 2.75) is 6.54 Å². The van der Waals surface area contributed by atoms with E-state index in [4.69, 9.17) is 15.8 Å². The fourth-order valence-corrected chi connectivity index (χ4v) is 3.49. The quantitative estimate of drug-likeness (QED) is 0.384. The molecule has 1 aromatic carbocycles. The van der Waals surface area contributed by atoms with E-state index in [0.29, 0.717) is 16.2 Å². The number of nitrogens with one attached hydrogen (secondary N) is 1. The number of rotatable bonds is 4. The van der Waals surface area contributed by atoms with E-state index in [1.54, 1.807) is 24.4 Å². The smallest absolute Gasteiger partial charge is 0.307 e. The summed E-state index contributed by atoms with van der Waals surface area (Å²) in [7, 11) is -3.99. The van der Waals surface area contributed by atoms with Gasteiger partial charge in [-0.1, -0.05) is 17.7 Å². The normalized spacial score (nSPS) is 11.8. The molecule has 0 spiro atoms. The minimum absolute atomic E-state index is 0.0756. The van der Waals surface area contributed by atoms with Crippen LogP contribution in [0.25, 0.3) is 21.8 Å². The molecule has 9 nitrogen and oxygen atoms in total. The minimum atomic E-state index is -3.99. The van der Waals surface area contributed by atoms with Gasteiger partial charge in [-0.2, -0.15) is 8.42 Å². The Balaban J connectivity index is 2.08.